The molecule has 0 unspecified atom stereocenters. The first-order valence-corrected chi connectivity index (χ1v) is 4.80. The highest BCUT2D eigenvalue weighted by atomic mass is 35.5. The number of carbonyl (C=O) groups excluding carboxylic acids is 1. The van der Waals surface area contributed by atoms with Crippen LogP contribution >= 0.6 is 12.4 Å². The van der Waals surface area contributed by atoms with Gasteiger partial charge in [-0.2, -0.15) is 0 Å². The molecular weight excluding hydrogens is 212 g/mol. The second kappa shape index (κ2) is 4.64. The summed E-state index contributed by atoms with van der Waals surface area (Å²) in [7, 11) is 0. The number of nitrogens with two attached hydrogens (primary N) is 1. The van der Waals surface area contributed by atoms with Gasteiger partial charge in [0.25, 0.3) is 0 Å². The largest absolute Gasteiger partial charge is 0.327 e. The van der Waals surface area contributed by atoms with Crippen LogP contribution in [0.2, 0.25) is 0 Å². The second-order valence-corrected chi connectivity index (χ2v) is 3.81. The Kier molecular flexibility index (Phi) is 3.72. The Labute approximate surface area is 95.5 Å². The normalized spacial score (nSPS) is 22.8. The zero-order chi connectivity index (χ0) is 10.1. The predicted octanol–water partition coefficient (Wildman–Crippen LogP) is 1.88. The van der Waals surface area contributed by atoms with E-state index in [-0.39, 0.29) is 18.3 Å². The molecule has 0 radical (unpaired) electrons. The zero-order valence-corrected chi connectivity index (χ0v) is 9.38. The number of nitrogens with one attached hydrogen (secondary N) is 1. The third-order valence-corrected chi connectivity index (χ3v) is 2.50. The highest BCUT2D eigenvalue weighted by Crippen LogP contribution is 2.39. The SMILES string of the molecule is CC(=O)Nc1ccc([C@@H]2C[C@H]2N)cc1.Cl. The maximum Gasteiger partial charge on any atom is 0.221 e. The Morgan fingerprint density at radius 3 is 2.33 bits per heavy atom. The molecule has 15 heavy (non-hydrogen) atoms. The van der Waals surface area contributed by atoms with Gasteiger partial charge in [0.15, 0.2) is 0 Å². The summed E-state index contributed by atoms with van der Waals surface area (Å²) in [4.78, 5) is 10.8. The van der Waals surface area contributed by atoms with E-state index in [1.807, 2.05) is 24.3 Å². The lowest BCUT2D eigenvalue weighted by Crippen LogP contribution is -2.05. The summed E-state index contributed by atoms with van der Waals surface area (Å²) in [6.07, 6.45) is 1.08. The summed E-state index contributed by atoms with van der Waals surface area (Å²) in [6, 6.07) is 8.23. The van der Waals surface area contributed by atoms with Crippen molar-refractivity contribution in [2.75, 3.05) is 5.32 Å². The van der Waals surface area contributed by atoms with Gasteiger partial charge < -0.3 is 11.1 Å². The molecule has 2 atom stereocenters. The monoisotopic (exact) mass is 226 g/mol. The van der Waals surface area contributed by atoms with Crippen molar-refractivity contribution in [3.8, 4) is 0 Å². The van der Waals surface area contributed by atoms with Crippen molar-refractivity contribution < 1.29 is 4.79 Å². The van der Waals surface area contributed by atoms with Crippen molar-refractivity contribution in [2.24, 2.45) is 5.73 Å². The molecule has 0 spiro atoms. The second-order valence-electron chi connectivity index (χ2n) is 3.81. The molecule has 3 N–H and O–H groups in total. The lowest BCUT2D eigenvalue weighted by molar-refractivity contribution is -0.114. The molecule has 3 nitrogen and oxygen atoms in total. The van der Waals surface area contributed by atoms with E-state index >= 15 is 0 Å². The smallest absolute Gasteiger partial charge is 0.221 e. The van der Waals surface area contributed by atoms with Crippen LogP contribution < -0.4 is 11.1 Å². The minimum atomic E-state index is -0.0409. The summed E-state index contributed by atoms with van der Waals surface area (Å²) in [5.74, 6) is 0.488. The fraction of sp³-hybridized carbons (Fsp3) is 0.364. The van der Waals surface area contributed by atoms with E-state index in [9.17, 15) is 4.79 Å². The van der Waals surface area contributed by atoms with Crippen LogP contribution in [-0.2, 0) is 4.79 Å². The number of hydrogen-bond acceptors (Lipinski definition) is 2. The summed E-state index contributed by atoms with van der Waals surface area (Å²) in [5, 5.41) is 2.73. The van der Waals surface area contributed by atoms with Gasteiger partial charge in [-0.1, -0.05) is 12.1 Å². The Morgan fingerprint density at radius 1 is 1.40 bits per heavy atom. The maximum absolute atomic E-state index is 10.8. The molecule has 1 saturated carbocycles. The molecule has 0 aromatic heterocycles. The van der Waals surface area contributed by atoms with Crippen molar-refractivity contribution in [1.82, 2.24) is 0 Å². The molecule has 82 valence electrons. The number of halogens is 1. The minimum Gasteiger partial charge on any atom is -0.327 e. The van der Waals surface area contributed by atoms with Gasteiger partial charge in [-0.15, -0.1) is 12.4 Å². The van der Waals surface area contributed by atoms with Crippen LogP contribution in [0.15, 0.2) is 24.3 Å². The minimum absolute atomic E-state index is 0. The van der Waals surface area contributed by atoms with Crippen LogP contribution in [0.4, 0.5) is 5.69 Å². The molecule has 1 aromatic carbocycles. The van der Waals surface area contributed by atoms with E-state index in [4.69, 9.17) is 5.73 Å². The molecule has 1 aliphatic rings. The fourth-order valence-electron chi connectivity index (χ4n) is 1.61. The number of hydrogen-bond donors (Lipinski definition) is 2. The highest BCUT2D eigenvalue weighted by molar-refractivity contribution is 5.88. The molecule has 0 saturated heterocycles. The van der Waals surface area contributed by atoms with E-state index in [1.165, 1.54) is 12.5 Å². The van der Waals surface area contributed by atoms with Gasteiger partial charge in [-0.3, -0.25) is 4.79 Å². The van der Waals surface area contributed by atoms with Gasteiger partial charge >= 0.3 is 0 Å². The average Bonchev–Trinajstić information content (AvgIpc) is 2.83. The van der Waals surface area contributed by atoms with Gasteiger partial charge in [0.1, 0.15) is 0 Å². The molecule has 0 heterocycles. The standard InChI is InChI=1S/C11H14N2O.ClH/c1-7(14)13-9-4-2-8(3-5-9)10-6-11(10)12;/h2-5,10-11H,6,12H2,1H3,(H,13,14);1H/t10-,11+;/m0./s1. The van der Waals surface area contributed by atoms with E-state index in [2.05, 4.69) is 5.32 Å². The summed E-state index contributed by atoms with van der Waals surface area (Å²) in [5.41, 5.74) is 7.86. The van der Waals surface area contributed by atoms with Gasteiger partial charge in [0.05, 0.1) is 0 Å². The number of carbonyl (C=O) groups is 1. The average molecular weight is 227 g/mol. The van der Waals surface area contributed by atoms with Gasteiger partial charge in [0.2, 0.25) is 5.91 Å². The van der Waals surface area contributed by atoms with Crippen LogP contribution in [0.25, 0.3) is 0 Å². The number of anilines is 1. The van der Waals surface area contributed by atoms with Crippen molar-refractivity contribution in [3.05, 3.63) is 29.8 Å². The molecule has 1 aromatic rings. The summed E-state index contributed by atoms with van der Waals surface area (Å²) in [6.45, 7) is 1.50. The fourth-order valence-corrected chi connectivity index (χ4v) is 1.61. The van der Waals surface area contributed by atoms with E-state index in [0.29, 0.717) is 12.0 Å². The van der Waals surface area contributed by atoms with Crippen LogP contribution in [-0.4, -0.2) is 11.9 Å². The Bertz CT molecular complexity index is 350. The van der Waals surface area contributed by atoms with E-state index in [0.717, 1.165) is 12.1 Å². The number of rotatable bonds is 2. The first kappa shape index (κ1) is 12.0. The molecule has 1 fully saturated rings. The molecule has 2 rings (SSSR count). The third-order valence-electron chi connectivity index (χ3n) is 2.50. The van der Waals surface area contributed by atoms with E-state index in [1.54, 1.807) is 0 Å². The van der Waals surface area contributed by atoms with Gasteiger partial charge in [0, 0.05) is 24.6 Å². The first-order valence-electron chi connectivity index (χ1n) is 4.80. The number of amides is 1. The first-order chi connectivity index (χ1) is 6.66. The van der Waals surface area contributed by atoms with Gasteiger partial charge in [-0.25, -0.2) is 0 Å². The molecule has 4 heteroatoms. The van der Waals surface area contributed by atoms with Crippen LogP contribution in [0, 0.1) is 0 Å². The van der Waals surface area contributed by atoms with Crippen LogP contribution in [0.1, 0.15) is 24.8 Å². The molecule has 0 aliphatic heterocycles. The molecular formula is C11H15ClN2O. The molecule has 0 bridgehead atoms. The quantitative estimate of drug-likeness (QED) is 0.809. The molecule has 1 amide bonds. The van der Waals surface area contributed by atoms with Crippen molar-refractivity contribution >= 4 is 24.0 Å². The van der Waals surface area contributed by atoms with Crippen molar-refractivity contribution in [2.45, 2.75) is 25.3 Å². The summed E-state index contributed by atoms with van der Waals surface area (Å²) < 4.78 is 0. The Hall–Kier alpha value is -1.06. The topological polar surface area (TPSA) is 55.1 Å². The maximum atomic E-state index is 10.8. The lowest BCUT2D eigenvalue weighted by atomic mass is 10.1. The Balaban J connectivity index is 0.00000112. The van der Waals surface area contributed by atoms with Gasteiger partial charge in [-0.05, 0) is 24.1 Å². The van der Waals surface area contributed by atoms with E-state index < -0.39 is 0 Å². The summed E-state index contributed by atoms with van der Waals surface area (Å²) >= 11 is 0. The Morgan fingerprint density at radius 2 is 1.93 bits per heavy atom. The molecule has 1 aliphatic carbocycles. The van der Waals surface area contributed by atoms with Crippen LogP contribution in [0.5, 0.6) is 0 Å². The van der Waals surface area contributed by atoms with Crippen LogP contribution in [0.3, 0.4) is 0 Å². The zero-order valence-electron chi connectivity index (χ0n) is 8.57. The predicted molar refractivity (Wildman–Crippen MR) is 63.3 cm³/mol. The van der Waals surface area contributed by atoms with Crippen molar-refractivity contribution in [1.29, 1.82) is 0 Å². The highest BCUT2D eigenvalue weighted by Gasteiger charge is 2.34. The van der Waals surface area contributed by atoms with Crippen molar-refractivity contribution in [3.63, 3.8) is 0 Å². The lowest BCUT2D eigenvalue weighted by Gasteiger charge is -2.03. The third kappa shape index (κ3) is 2.94. The number of benzene rings is 1.